The molecule has 0 bridgehead atoms. The summed E-state index contributed by atoms with van der Waals surface area (Å²) in [6.07, 6.45) is 0.701. The number of benzene rings is 1. The molecule has 0 radical (unpaired) electrons. The Morgan fingerprint density at radius 3 is 2.87 bits per heavy atom. The zero-order valence-electron chi connectivity index (χ0n) is 12.3. The molecule has 0 spiro atoms. The van der Waals surface area contributed by atoms with Gasteiger partial charge in [-0.15, -0.1) is 0 Å². The Hall–Kier alpha value is -2.87. The molecule has 2 aromatic rings. The van der Waals surface area contributed by atoms with E-state index in [1.165, 1.54) is 16.8 Å². The summed E-state index contributed by atoms with van der Waals surface area (Å²) in [5.74, 6) is 0.128. The second-order valence-corrected chi connectivity index (χ2v) is 5.01. The number of hydrogen-bond donors (Lipinski definition) is 1. The number of anilines is 1. The topological polar surface area (TPSA) is 99.7 Å². The summed E-state index contributed by atoms with van der Waals surface area (Å²) in [6.45, 7) is 0.434. The highest BCUT2D eigenvalue weighted by Gasteiger charge is 2.33. The number of nitrogens with two attached hydrogens (primary N) is 1. The van der Waals surface area contributed by atoms with Gasteiger partial charge in [0.1, 0.15) is 18.6 Å². The average molecular weight is 316 g/mol. The minimum Gasteiger partial charge on any atom is -0.443 e. The lowest BCUT2D eigenvalue weighted by Gasteiger charge is -2.23. The number of rotatable bonds is 3. The summed E-state index contributed by atoms with van der Waals surface area (Å²) in [4.78, 5) is 33.1. The minimum atomic E-state index is -0.653. The molecule has 8 heteroatoms. The number of nitrogens with zero attached hydrogens (tertiary/aromatic N) is 3. The maximum Gasteiger partial charge on any atom is 0.436 e. The molecule has 1 aliphatic heterocycles. The predicted octanol–water partition coefficient (Wildman–Crippen LogP) is 1.30. The fourth-order valence-corrected chi connectivity index (χ4v) is 2.32. The summed E-state index contributed by atoms with van der Waals surface area (Å²) in [5.41, 5.74) is 5.80. The van der Waals surface area contributed by atoms with Crippen LogP contribution in [0.2, 0.25) is 0 Å². The van der Waals surface area contributed by atoms with Crippen LogP contribution < -0.4 is 11.4 Å². The van der Waals surface area contributed by atoms with Crippen LogP contribution in [-0.4, -0.2) is 27.3 Å². The van der Waals surface area contributed by atoms with Crippen LogP contribution in [0.3, 0.4) is 0 Å². The number of ether oxygens (including phenoxy) is 1. The van der Waals surface area contributed by atoms with E-state index in [1.807, 2.05) is 30.3 Å². The zero-order valence-corrected chi connectivity index (χ0v) is 12.3. The van der Waals surface area contributed by atoms with Crippen LogP contribution >= 0.6 is 0 Å². The van der Waals surface area contributed by atoms with Crippen molar-refractivity contribution in [3.8, 4) is 0 Å². The fourth-order valence-electron chi connectivity index (χ4n) is 2.32. The monoisotopic (exact) mass is 316 g/mol. The number of hydrogen-bond acceptors (Lipinski definition) is 6. The number of hydroxylamine groups is 2. The van der Waals surface area contributed by atoms with E-state index < -0.39 is 17.9 Å². The molecule has 1 aromatic carbocycles. The number of carbonyl (C=O) groups excluding carboxylic acids is 1. The van der Waals surface area contributed by atoms with Crippen molar-refractivity contribution in [3.05, 3.63) is 58.6 Å². The summed E-state index contributed by atoms with van der Waals surface area (Å²) >= 11 is 0. The van der Waals surface area contributed by atoms with Crippen molar-refractivity contribution in [2.24, 2.45) is 0 Å². The summed E-state index contributed by atoms with van der Waals surface area (Å²) < 4.78 is 6.53. The first-order valence-electron chi connectivity index (χ1n) is 7.12. The summed E-state index contributed by atoms with van der Waals surface area (Å²) in [5, 5.41) is 1.06. The Balaban J connectivity index is 1.71. The summed E-state index contributed by atoms with van der Waals surface area (Å²) in [7, 11) is 0. The molecule has 3 rings (SSSR count). The zero-order chi connectivity index (χ0) is 16.2. The minimum absolute atomic E-state index is 0.126. The van der Waals surface area contributed by atoms with E-state index in [1.54, 1.807) is 0 Å². The van der Waals surface area contributed by atoms with Crippen LogP contribution in [-0.2, 0) is 16.2 Å². The number of aromatic nitrogens is 2. The van der Waals surface area contributed by atoms with Gasteiger partial charge in [-0.3, -0.25) is 9.40 Å². The first-order chi connectivity index (χ1) is 11.1. The van der Waals surface area contributed by atoms with E-state index in [0.29, 0.717) is 13.0 Å². The molecule has 1 aromatic heterocycles. The van der Waals surface area contributed by atoms with Gasteiger partial charge in [-0.05, 0) is 11.6 Å². The Morgan fingerprint density at radius 1 is 1.35 bits per heavy atom. The Bertz CT molecular complexity index is 747. The fraction of sp³-hybridized carbons (Fsp3) is 0.267. The molecule has 1 aliphatic rings. The van der Waals surface area contributed by atoms with Crippen molar-refractivity contribution >= 4 is 11.9 Å². The largest absolute Gasteiger partial charge is 0.443 e. The second-order valence-electron chi connectivity index (χ2n) is 5.01. The van der Waals surface area contributed by atoms with E-state index in [0.717, 1.165) is 10.6 Å². The van der Waals surface area contributed by atoms with Crippen LogP contribution in [0.25, 0.3) is 0 Å². The van der Waals surface area contributed by atoms with Gasteiger partial charge < -0.3 is 10.5 Å². The SMILES string of the molecule is Nc1ccn(C2CCON2C(=O)OCc2ccccc2)c(=O)n1. The van der Waals surface area contributed by atoms with Crippen LogP contribution in [0, 0.1) is 0 Å². The van der Waals surface area contributed by atoms with Crippen LogP contribution in [0.4, 0.5) is 10.6 Å². The third-order valence-corrected chi connectivity index (χ3v) is 3.43. The van der Waals surface area contributed by atoms with Gasteiger partial charge in [-0.1, -0.05) is 30.3 Å². The van der Waals surface area contributed by atoms with Gasteiger partial charge in [0.05, 0.1) is 6.61 Å². The number of carbonyl (C=O) groups is 1. The maximum absolute atomic E-state index is 12.2. The van der Waals surface area contributed by atoms with E-state index >= 15 is 0 Å². The standard InChI is InChI=1S/C15H16N4O4/c16-12-6-8-18(14(20)17-12)13-7-9-23-19(13)15(21)22-10-11-4-2-1-3-5-11/h1-6,8,13H,7,9-10H2,(H2,16,17,20). The molecule has 1 unspecified atom stereocenters. The van der Waals surface area contributed by atoms with E-state index in [9.17, 15) is 9.59 Å². The summed E-state index contributed by atoms with van der Waals surface area (Å²) in [6, 6.07) is 10.8. The van der Waals surface area contributed by atoms with Crippen molar-refractivity contribution in [1.82, 2.24) is 14.6 Å². The van der Waals surface area contributed by atoms with E-state index in [2.05, 4.69) is 4.98 Å². The Kier molecular flexibility index (Phi) is 4.24. The van der Waals surface area contributed by atoms with Gasteiger partial charge >= 0.3 is 11.8 Å². The molecule has 2 N–H and O–H groups in total. The molecular formula is C15H16N4O4. The molecule has 0 saturated carbocycles. The van der Waals surface area contributed by atoms with Crippen molar-refractivity contribution < 1.29 is 14.4 Å². The molecule has 1 atom stereocenters. The predicted molar refractivity (Wildman–Crippen MR) is 81.0 cm³/mol. The lowest BCUT2D eigenvalue weighted by molar-refractivity contribution is -0.126. The van der Waals surface area contributed by atoms with Crippen LogP contribution in [0.5, 0.6) is 0 Å². The first-order valence-corrected chi connectivity index (χ1v) is 7.12. The lowest BCUT2D eigenvalue weighted by atomic mass is 10.2. The van der Waals surface area contributed by atoms with Crippen molar-refractivity contribution in [3.63, 3.8) is 0 Å². The quantitative estimate of drug-likeness (QED) is 0.916. The molecule has 1 saturated heterocycles. The number of nitrogen functional groups attached to an aromatic ring is 1. The van der Waals surface area contributed by atoms with Gasteiger partial charge in [0.2, 0.25) is 0 Å². The molecular weight excluding hydrogens is 300 g/mol. The molecule has 23 heavy (non-hydrogen) atoms. The van der Waals surface area contributed by atoms with Gasteiger partial charge in [0.15, 0.2) is 0 Å². The third kappa shape index (κ3) is 3.32. The highest BCUT2D eigenvalue weighted by atomic mass is 16.7. The maximum atomic E-state index is 12.2. The second kappa shape index (κ2) is 6.49. The van der Waals surface area contributed by atoms with Crippen molar-refractivity contribution in [2.75, 3.05) is 12.3 Å². The smallest absolute Gasteiger partial charge is 0.436 e. The third-order valence-electron chi connectivity index (χ3n) is 3.43. The lowest BCUT2D eigenvalue weighted by Crippen LogP contribution is -2.38. The molecule has 1 amide bonds. The number of amides is 1. The van der Waals surface area contributed by atoms with Gasteiger partial charge in [0, 0.05) is 12.6 Å². The van der Waals surface area contributed by atoms with Crippen LogP contribution in [0.15, 0.2) is 47.4 Å². The molecule has 8 nitrogen and oxygen atoms in total. The highest BCUT2D eigenvalue weighted by molar-refractivity contribution is 5.66. The molecule has 2 heterocycles. The molecule has 0 aliphatic carbocycles. The highest BCUT2D eigenvalue weighted by Crippen LogP contribution is 2.24. The molecule has 120 valence electrons. The molecule has 1 fully saturated rings. The van der Waals surface area contributed by atoms with Gasteiger partial charge in [-0.25, -0.2) is 9.59 Å². The average Bonchev–Trinajstić information content (AvgIpc) is 3.03. The first kappa shape index (κ1) is 15.0. The van der Waals surface area contributed by atoms with Gasteiger partial charge in [0.25, 0.3) is 0 Å². The van der Waals surface area contributed by atoms with Crippen molar-refractivity contribution in [1.29, 1.82) is 0 Å². The normalized spacial score (nSPS) is 17.2. The van der Waals surface area contributed by atoms with Crippen LogP contribution in [0.1, 0.15) is 18.2 Å². The van der Waals surface area contributed by atoms with E-state index in [4.69, 9.17) is 15.3 Å². The Morgan fingerprint density at radius 2 is 2.13 bits per heavy atom. The van der Waals surface area contributed by atoms with Gasteiger partial charge in [-0.2, -0.15) is 10.0 Å². The Labute approximate surface area is 132 Å². The van der Waals surface area contributed by atoms with Crippen molar-refractivity contribution in [2.45, 2.75) is 19.2 Å². The van der Waals surface area contributed by atoms with E-state index in [-0.39, 0.29) is 12.4 Å².